The van der Waals surface area contributed by atoms with Gasteiger partial charge >= 0.3 is 0 Å². The van der Waals surface area contributed by atoms with Gasteiger partial charge in [-0.05, 0) is 69.9 Å². The number of allylic oxidation sites excluding steroid dienone is 1. The molecule has 0 aliphatic heterocycles. The molecule has 1 fully saturated rings. The van der Waals surface area contributed by atoms with Crippen LogP contribution in [0.4, 0.5) is 0 Å². The summed E-state index contributed by atoms with van der Waals surface area (Å²) >= 11 is 0. The Labute approximate surface area is 102 Å². The second kappa shape index (κ2) is 6.44. The predicted octanol–water partition coefficient (Wildman–Crippen LogP) is 3.86. The molecule has 1 saturated carbocycles. The molecule has 0 radical (unpaired) electrons. The maximum absolute atomic E-state index is 4.09. The zero-order valence-electron chi connectivity index (χ0n) is 11.6. The van der Waals surface area contributed by atoms with E-state index in [1.54, 1.807) is 0 Å². The van der Waals surface area contributed by atoms with Gasteiger partial charge in [0.1, 0.15) is 0 Å². The quantitative estimate of drug-likeness (QED) is 0.698. The van der Waals surface area contributed by atoms with Crippen molar-refractivity contribution in [3.05, 3.63) is 12.2 Å². The summed E-state index contributed by atoms with van der Waals surface area (Å²) in [6, 6.07) is 0. The lowest BCUT2D eigenvalue weighted by atomic mass is 9.69. The van der Waals surface area contributed by atoms with E-state index in [1.165, 1.54) is 37.8 Å². The maximum atomic E-state index is 4.09. The Kier molecular flexibility index (Phi) is 5.54. The molecule has 0 aromatic carbocycles. The lowest BCUT2D eigenvalue weighted by Gasteiger charge is -2.38. The van der Waals surface area contributed by atoms with E-state index < -0.39 is 0 Å². The van der Waals surface area contributed by atoms with Crippen molar-refractivity contribution < 1.29 is 0 Å². The van der Waals surface area contributed by atoms with Gasteiger partial charge in [0, 0.05) is 0 Å². The third-order valence-corrected chi connectivity index (χ3v) is 4.20. The minimum absolute atomic E-state index is 0.850. The zero-order valence-corrected chi connectivity index (χ0v) is 11.6. The second-order valence-corrected chi connectivity index (χ2v) is 6.06. The van der Waals surface area contributed by atoms with Crippen molar-refractivity contribution in [1.82, 2.24) is 5.32 Å². The molecule has 3 unspecified atom stereocenters. The molecule has 0 bridgehead atoms. The van der Waals surface area contributed by atoms with Gasteiger partial charge in [0.05, 0.1) is 0 Å². The van der Waals surface area contributed by atoms with Crippen LogP contribution in [-0.4, -0.2) is 13.6 Å². The molecule has 1 aliphatic rings. The third kappa shape index (κ3) is 3.93. The number of hydrogen-bond acceptors (Lipinski definition) is 1. The van der Waals surface area contributed by atoms with Gasteiger partial charge in [-0.2, -0.15) is 0 Å². The molecular weight excluding hydrogens is 194 g/mol. The topological polar surface area (TPSA) is 12.0 Å². The normalized spacial score (nSPS) is 30.7. The van der Waals surface area contributed by atoms with Gasteiger partial charge in [-0.3, -0.25) is 0 Å². The van der Waals surface area contributed by atoms with Gasteiger partial charge in [0.25, 0.3) is 0 Å². The van der Waals surface area contributed by atoms with E-state index in [1.807, 2.05) is 0 Å². The highest BCUT2D eigenvalue weighted by Gasteiger charge is 2.30. The Hall–Kier alpha value is -0.300. The van der Waals surface area contributed by atoms with Gasteiger partial charge < -0.3 is 5.32 Å². The molecule has 1 heteroatoms. The largest absolute Gasteiger partial charge is 0.319 e. The van der Waals surface area contributed by atoms with Gasteiger partial charge in [0.15, 0.2) is 0 Å². The van der Waals surface area contributed by atoms with E-state index in [2.05, 4.69) is 39.7 Å². The lowest BCUT2D eigenvalue weighted by Crippen LogP contribution is -2.33. The molecule has 0 amide bonds. The van der Waals surface area contributed by atoms with E-state index in [9.17, 15) is 0 Å². The Morgan fingerprint density at radius 1 is 1.31 bits per heavy atom. The van der Waals surface area contributed by atoms with Crippen LogP contribution in [-0.2, 0) is 0 Å². The average molecular weight is 223 g/mol. The van der Waals surface area contributed by atoms with Crippen LogP contribution in [0.1, 0.15) is 46.5 Å². The fourth-order valence-corrected chi connectivity index (χ4v) is 3.20. The van der Waals surface area contributed by atoms with Crippen molar-refractivity contribution in [3.8, 4) is 0 Å². The minimum Gasteiger partial charge on any atom is -0.319 e. The Bertz CT molecular complexity index is 219. The lowest BCUT2D eigenvalue weighted by molar-refractivity contribution is 0.146. The van der Waals surface area contributed by atoms with Crippen molar-refractivity contribution in [3.63, 3.8) is 0 Å². The van der Waals surface area contributed by atoms with Crippen molar-refractivity contribution in [2.24, 2.45) is 23.7 Å². The van der Waals surface area contributed by atoms with Crippen LogP contribution < -0.4 is 5.32 Å². The van der Waals surface area contributed by atoms with E-state index >= 15 is 0 Å². The first kappa shape index (κ1) is 13.8. The Morgan fingerprint density at radius 2 is 2.00 bits per heavy atom. The van der Waals surface area contributed by atoms with Gasteiger partial charge in [-0.1, -0.05) is 19.4 Å². The number of hydrogen-bond donors (Lipinski definition) is 1. The summed E-state index contributed by atoms with van der Waals surface area (Å²) in [5.41, 5.74) is 1.36. The monoisotopic (exact) mass is 223 g/mol. The SMILES string of the molecule is C=C(C)CC1CC(C(C)C)CCC1CNC. The minimum atomic E-state index is 0.850. The predicted molar refractivity (Wildman–Crippen MR) is 72.5 cm³/mol. The van der Waals surface area contributed by atoms with E-state index in [0.29, 0.717) is 0 Å². The molecule has 16 heavy (non-hydrogen) atoms. The van der Waals surface area contributed by atoms with Crippen LogP contribution in [0.25, 0.3) is 0 Å². The summed E-state index contributed by atoms with van der Waals surface area (Å²) in [6.07, 6.45) is 5.48. The summed E-state index contributed by atoms with van der Waals surface area (Å²) in [7, 11) is 2.08. The average Bonchev–Trinajstić information content (AvgIpc) is 2.19. The van der Waals surface area contributed by atoms with E-state index in [-0.39, 0.29) is 0 Å². The second-order valence-electron chi connectivity index (χ2n) is 6.06. The summed E-state index contributed by atoms with van der Waals surface area (Å²) in [5.74, 6) is 3.53. The van der Waals surface area contributed by atoms with Gasteiger partial charge in [-0.15, -0.1) is 6.58 Å². The highest BCUT2D eigenvalue weighted by Crippen LogP contribution is 2.39. The molecule has 1 aliphatic carbocycles. The zero-order chi connectivity index (χ0) is 12.1. The maximum Gasteiger partial charge on any atom is -0.00208 e. The molecule has 0 aromatic heterocycles. The molecule has 0 heterocycles. The van der Waals surface area contributed by atoms with Crippen LogP contribution in [0.2, 0.25) is 0 Å². The van der Waals surface area contributed by atoms with Crippen LogP contribution in [0.3, 0.4) is 0 Å². The highest BCUT2D eigenvalue weighted by atomic mass is 14.8. The van der Waals surface area contributed by atoms with Gasteiger partial charge in [-0.25, -0.2) is 0 Å². The molecule has 0 saturated heterocycles. The number of rotatable bonds is 5. The first-order valence-electron chi connectivity index (χ1n) is 6.83. The molecule has 1 rings (SSSR count). The van der Waals surface area contributed by atoms with Crippen LogP contribution in [0, 0.1) is 23.7 Å². The van der Waals surface area contributed by atoms with E-state index in [0.717, 1.165) is 23.7 Å². The molecule has 0 spiro atoms. The first-order chi connectivity index (χ1) is 7.54. The fraction of sp³-hybridized carbons (Fsp3) is 0.867. The summed E-state index contributed by atoms with van der Waals surface area (Å²) in [5, 5.41) is 3.36. The number of nitrogens with one attached hydrogen (secondary N) is 1. The van der Waals surface area contributed by atoms with Crippen molar-refractivity contribution in [2.75, 3.05) is 13.6 Å². The van der Waals surface area contributed by atoms with Gasteiger partial charge in [0.2, 0.25) is 0 Å². The Morgan fingerprint density at radius 3 is 2.50 bits per heavy atom. The van der Waals surface area contributed by atoms with Crippen LogP contribution in [0.5, 0.6) is 0 Å². The molecule has 3 atom stereocenters. The fourth-order valence-electron chi connectivity index (χ4n) is 3.20. The summed E-state index contributed by atoms with van der Waals surface area (Å²) < 4.78 is 0. The molecule has 1 N–H and O–H groups in total. The molecular formula is C15H29N. The smallest absolute Gasteiger partial charge is 0.00208 e. The summed E-state index contributed by atoms with van der Waals surface area (Å²) in [6.45, 7) is 12.2. The van der Waals surface area contributed by atoms with Crippen molar-refractivity contribution in [1.29, 1.82) is 0 Å². The third-order valence-electron chi connectivity index (χ3n) is 4.20. The highest BCUT2D eigenvalue weighted by molar-refractivity contribution is 4.94. The van der Waals surface area contributed by atoms with E-state index in [4.69, 9.17) is 0 Å². The van der Waals surface area contributed by atoms with Crippen molar-refractivity contribution >= 4 is 0 Å². The molecule has 0 aromatic rings. The van der Waals surface area contributed by atoms with Crippen molar-refractivity contribution in [2.45, 2.75) is 46.5 Å². The Balaban J connectivity index is 2.57. The summed E-state index contributed by atoms with van der Waals surface area (Å²) in [4.78, 5) is 0. The first-order valence-corrected chi connectivity index (χ1v) is 6.83. The standard InChI is InChI=1S/C15H29N/c1-11(2)8-15-9-13(12(3)4)6-7-14(15)10-16-5/h12-16H,1,6-10H2,2-5H3. The van der Waals surface area contributed by atoms with Crippen LogP contribution >= 0.6 is 0 Å². The van der Waals surface area contributed by atoms with Crippen LogP contribution in [0.15, 0.2) is 12.2 Å². The molecule has 94 valence electrons. The molecule has 1 nitrogen and oxygen atoms in total.